The molecule has 62 valence electrons. The molecule has 0 aliphatic heterocycles. The molecule has 0 bridgehead atoms. The molecular weight excluding hydrogens is 174 g/mol. The fraction of sp³-hybridized carbons (Fsp3) is 0.222. The third-order valence-corrected chi connectivity index (χ3v) is 2.01. The number of halogens is 1. The summed E-state index contributed by atoms with van der Waals surface area (Å²) in [6.07, 6.45) is 0. The van der Waals surface area contributed by atoms with E-state index in [9.17, 15) is 0 Å². The third-order valence-electron chi connectivity index (χ3n) is 1.60. The quantitative estimate of drug-likeness (QED) is 0.667. The van der Waals surface area contributed by atoms with Crippen LogP contribution < -0.4 is 4.74 Å². The van der Waals surface area contributed by atoms with Gasteiger partial charge in [0.15, 0.2) is 0 Å². The van der Waals surface area contributed by atoms with Crippen molar-refractivity contribution in [1.29, 1.82) is 5.26 Å². The van der Waals surface area contributed by atoms with E-state index in [0.29, 0.717) is 16.3 Å². The number of hydrogen-bond acceptors (Lipinski definition) is 2. The second-order valence-corrected chi connectivity index (χ2v) is 2.82. The molecule has 0 aromatic heterocycles. The van der Waals surface area contributed by atoms with Crippen LogP contribution in [0.2, 0.25) is 5.02 Å². The summed E-state index contributed by atoms with van der Waals surface area (Å²) in [5.41, 5.74) is 1.40. The summed E-state index contributed by atoms with van der Waals surface area (Å²) in [5.74, 6) is 0.521. The van der Waals surface area contributed by atoms with Gasteiger partial charge in [-0.1, -0.05) is 11.6 Å². The Morgan fingerprint density at radius 1 is 1.50 bits per heavy atom. The van der Waals surface area contributed by atoms with Gasteiger partial charge < -0.3 is 4.74 Å². The predicted octanol–water partition coefficient (Wildman–Crippen LogP) is 2.53. The van der Waals surface area contributed by atoms with Gasteiger partial charge in [-0.3, -0.25) is 0 Å². The summed E-state index contributed by atoms with van der Waals surface area (Å²) in [6.45, 7) is 1.85. The molecule has 0 saturated heterocycles. The molecule has 1 aromatic rings. The standard InChI is InChI=1S/C9H8ClNO/c1-6-3-7(5-11)9(12-2)4-8(6)10/h3-4H,1-2H3. The number of methoxy groups -OCH3 is 1. The van der Waals surface area contributed by atoms with E-state index in [1.165, 1.54) is 7.11 Å². The first-order chi connectivity index (χ1) is 5.69. The average molecular weight is 182 g/mol. The number of hydrogen-bond donors (Lipinski definition) is 0. The monoisotopic (exact) mass is 181 g/mol. The molecular formula is C9H8ClNO. The minimum atomic E-state index is 0.513. The molecule has 2 nitrogen and oxygen atoms in total. The Balaban J connectivity index is 3.31. The van der Waals surface area contributed by atoms with Crippen molar-refractivity contribution in [3.05, 3.63) is 28.3 Å². The van der Waals surface area contributed by atoms with Crippen LogP contribution >= 0.6 is 11.6 Å². The number of nitrogens with zero attached hydrogens (tertiary/aromatic N) is 1. The zero-order valence-electron chi connectivity index (χ0n) is 6.89. The van der Waals surface area contributed by atoms with Gasteiger partial charge in [0, 0.05) is 11.1 Å². The summed E-state index contributed by atoms with van der Waals surface area (Å²) >= 11 is 5.83. The Kier molecular flexibility index (Phi) is 2.57. The van der Waals surface area contributed by atoms with Crippen molar-refractivity contribution in [3.63, 3.8) is 0 Å². The zero-order valence-corrected chi connectivity index (χ0v) is 7.64. The lowest BCUT2D eigenvalue weighted by Gasteiger charge is -2.04. The molecule has 0 unspecified atom stereocenters. The Morgan fingerprint density at radius 3 is 2.67 bits per heavy atom. The minimum Gasteiger partial charge on any atom is -0.495 e. The second-order valence-electron chi connectivity index (χ2n) is 2.41. The molecule has 0 radical (unpaired) electrons. The van der Waals surface area contributed by atoms with Crippen LogP contribution in [-0.2, 0) is 0 Å². The lowest BCUT2D eigenvalue weighted by Crippen LogP contribution is -1.89. The molecule has 0 atom stereocenters. The van der Waals surface area contributed by atoms with Gasteiger partial charge in [-0.2, -0.15) is 5.26 Å². The van der Waals surface area contributed by atoms with Crippen LogP contribution in [0, 0.1) is 18.3 Å². The van der Waals surface area contributed by atoms with Gasteiger partial charge >= 0.3 is 0 Å². The second kappa shape index (κ2) is 3.46. The Labute approximate surface area is 76.3 Å². The van der Waals surface area contributed by atoms with Gasteiger partial charge in [-0.05, 0) is 18.6 Å². The molecule has 0 heterocycles. The SMILES string of the molecule is COc1cc(Cl)c(C)cc1C#N. The molecule has 1 aromatic carbocycles. The number of benzene rings is 1. The molecule has 1 rings (SSSR count). The van der Waals surface area contributed by atoms with Crippen molar-refractivity contribution < 1.29 is 4.74 Å². The van der Waals surface area contributed by atoms with E-state index in [0.717, 1.165) is 5.56 Å². The van der Waals surface area contributed by atoms with Crippen molar-refractivity contribution in [3.8, 4) is 11.8 Å². The van der Waals surface area contributed by atoms with E-state index in [1.807, 2.05) is 13.0 Å². The van der Waals surface area contributed by atoms with Gasteiger partial charge in [0.2, 0.25) is 0 Å². The molecule has 0 aliphatic carbocycles. The van der Waals surface area contributed by atoms with Crippen molar-refractivity contribution >= 4 is 11.6 Å². The van der Waals surface area contributed by atoms with E-state index in [1.54, 1.807) is 12.1 Å². The molecule has 0 saturated carbocycles. The van der Waals surface area contributed by atoms with Gasteiger partial charge in [-0.15, -0.1) is 0 Å². The van der Waals surface area contributed by atoms with Crippen LogP contribution in [0.5, 0.6) is 5.75 Å². The summed E-state index contributed by atoms with van der Waals surface area (Å²) in [4.78, 5) is 0. The number of aryl methyl sites for hydroxylation is 1. The van der Waals surface area contributed by atoms with Gasteiger partial charge in [0.25, 0.3) is 0 Å². The maximum atomic E-state index is 8.69. The highest BCUT2D eigenvalue weighted by atomic mass is 35.5. The van der Waals surface area contributed by atoms with Gasteiger partial charge in [0.1, 0.15) is 11.8 Å². The van der Waals surface area contributed by atoms with E-state index in [4.69, 9.17) is 21.6 Å². The molecule has 0 amide bonds. The summed E-state index contributed by atoms with van der Waals surface area (Å²) in [6, 6.07) is 5.39. The first-order valence-corrected chi connectivity index (χ1v) is 3.81. The molecule has 3 heteroatoms. The van der Waals surface area contributed by atoms with Crippen molar-refractivity contribution in [2.75, 3.05) is 7.11 Å². The minimum absolute atomic E-state index is 0.513. The molecule has 0 N–H and O–H groups in total. The normalized spacial score (nSPS) is 9.17. The highest BCUT2D eigenvalue weighted by molar-refractivity contribution is 6.31. The predicted molar refractivity (Wildman–Crippen MR) is 47.5 cm³/mol. The van der Waals surface area contributed by atoms with Gasteiger partial charge in [0.05, 0.1) is 12.7 Å². The fourth-order valence-electron chi connectivity index (χ4n) is 0.920. The highest BCUT2D eigenvalue weighted by Crippen LogP contribution is 2.25. The Bertz CT molecular complexity index is 341. The maximum absolute atomic E-state index is 8.69. The highest BCUT2D eigenvalue weighted by Gasteiger charge is 2.05. The molecule has 0 spiro atoms. The average Bonchev–Trinajstić information content (AvgIpc) is 2.09. The van der Waals surface area contributed by atoms with E-state index in [2.05, 4.69) is 0 Å². The first kappa shape index (κ1) is 8.89. The topological polar surface area (TPSA) is 33.0 Å². The van der Waals surface area contributed by atoms with Crippen LogP contribution in [-0.4, -0.2) is 7.11 Å². The number of ether oxygens (including phenoxy) is 1. The van der Waals surface area contributed by atoms with Gasteiger partial charge in [-0.25, -0.2) is 0 Å². The summed E-state index contributed by atoms with van der Waals surface area (Å²) < 4.78 is 4.97. The fourth-order valence-corrected chi connectivity index (χ4v) is 1.07. The van der Waals surface area contributed by atoms with Crippen molar-refractivity contribution in [2.24, 2.45) is 0 Å². The van der Waals surface area contributed by atoms with Crippen LogP contribution in [0.15, 0.2) is 12.1 Å². The maximum Gasteiger partial charge on any atom is 0.138 e. The number of nitriles is 1. The smallest absolute Gasteiger partial charge is 0.138 e. The van der Waals surface area contributed by atoms with Crippen LogP contribution in [0.3, 0.4) is 0 Å². The van der Waals surface area contributed by atoms with E-state index < -0.39 is 0 Å². The van der Waals surface area contributed by atoms with E-state index >= 15 is 0 Å². The largest absolute Gasteiger partial charge is 0.495 e. The molecule has 0 fully saturated rings. The van der Waals surface area contributed by atoms with Crippen molar-refractivity contribution in [1.82, 2.24) is 0 Å². The van der Waals surface area contributed by atoms with Crippen LogP contribution in [0.25, 0.3) is 0 Å². The lowest BCUT2D eigenvalue weighted by molar-refractivity contribution is 0.413. The van der Waals surface area contributed by atoms with Crippen LogP contribution in [0.1, 0.15) is 11.1 Å². The Hall–Kier alpha value is -1.20. The summed E-state index contributed by atoms with van der Waals surface area (Å²) in [5, 5.41) is 9.31. The number of rotatable bonds is 1. The zero-order chi connectivity index (χ0) is 9.14. The Morgan fingerprint density at radius 2 is 2.17 bits per heavy atom. The lowest BCUT2D eigenvalue weighted by atomic mass is 10.1. The first-order valence-electron chi connectivity index (χ1n) is 3.43. The summed E-state index contributed by atoms with van der Waals surface area (Å²) in [7, 11) is 1.52. The van der Waals surface area contributed by atoms with Crippen molar-refractivity contribution in [2.45, 2.75) is 6.92 Å². The molecule has 0 aliphatic rings. The van der Waals surface area contributed by atoms with Crippen LogP contribution in [0.4, 0.5) is 0 Å². The molecule has 12 heavy (non-hydrogen) atoms. The van der Waals surface area contributed by atoms with E-state index in [-0.39, 0.29) is 0 Å². The third kappa shape index (κ3) is 1.51.